The molecule has 4 aromatic rings. The second-order valence-electron chi connectivity index (χ2n) is 7.43. The summed E-state index contributed by atoms with van der Waals surface area (Å²) in [5.41, 5.74) is 3.09. The van der Waals surface area contributed by atoms with Crippen molar-refractivity contribution in [1.29, 1.82) is 0 Å². The first-order valence-corrected chi connectivity index (χ1v) is 12.0. The van der Waals surface area contributed by atoms with Gasteiger partial charge in [-0.3, -0.25) is 4.79 Å². The fraction of sp³-hybridized carbons (Fsp3) is 0.0800. The molecule has 162 valence electrons. The molecule has 0 saturated heterocycles. The first-order chi connectivity index (χ1) is 15.2. The van der Waals surface area contributed by atoms with Crippen LogP contribution in [0.5, 0.6) is 0 Å². The zero-order chi connectivity index (χ0) is 23.0. The lowest BCUT2D eigenvalue weighted by atomic mass is 9.89. The summed E-state index contributed by atoms with van der Waals surface area (Å²) in [6.07, 6.45) is -0.115. The maximum absolute atomic E-state index is 13.0. The van der Waals surface area contributed by atoms with Gasteiger partial charge in [-0.05, 0) is 76.3 Å². The molecule has 4 aromatic carbocycles. The number of fused-ring (bicyclic) bond motifs is 1. The third kappa shape index (κ3) is 4.11. The Morgan fingerprint density at radius 3 is 2.28 bits per heavy atom. The van der Waals surface area contributed by atoms with Gasteiger partial charge in [-0.1, -0.05) is 59.6 Å². The van der Waals surface area contributed by atoms with E-state index in [1.807, 2.05) is 25.1 Å². The predicted octanol–water partition coefficient (Wildman–Crippen LogP) is 6.58. The average molecular weight is 485 g/mol. The number of carboxylic acid groups (broad SMARTS) is 1. The maximum atomic E-state index is 13.0. The van der Waals surface area contributed by atoms with Crippen molar-refractivity contribution in [2.45, 2.75) is 23.1 Å². The number of hydrogen-bond donors (Lipinski definition) is 1. The summed E-state index contributed by atoms with van der Waals surface area (Å²) in [5, 5.41) is 11.8. The van der Waals surface area contributed by atoms with E-state index < -0.39 is 15.8 Å². The highest BCUT2D eigenvalue weighted by atomic mass is 35.5. The van der Waals surface area contributed by atoms with Gasteiger partial charge in [0.15, 0.2) is 0 Å². The third-order valence-corrected chi connectivity index (χ3v) is 7.90. The minimum absolute atomic E-state index is 0.0475. The highest BCUT2D eigenvalue weighted by Crippen LogP contribution is 2.37. The molecule has 0 amide bonds. The maximum Gasteiger partial charge on any atom is 0.307 e. The van der Waals surface area contributed by atoms with E-state index in [9.17, 15) is 18.3 Å². The first-order valence-electron chi connectivity index (χ1n) is 9.72. The molecule has 32 heavy (non-hydrogen) atoms. The van der Waals surface area contributed by atoms with Crippen LogP contribution in [0.1, 0.15) is 11.1 Å². The molecule has 4 nitrogen and oxygen atoms in total. The molecule has 0 aliphatic rings. The van der Waals surface area contributed by atoms with E-state index in [4.69, 9.17) is 23.2 Å². The van der Waals surface area contributed by atoms with Crippen molar-refractivity contribution in [2.24, 2.45) is 0 Å². The highest BCUT2D eigenvalue weighted by molar-refractivity contribution is 7.91. The molecule has 4 rings (SSSR count). The van der Waals surface area contributed by atoms with Crippen molar-refractivity contribution in [3.05, 3.63) is 94.0 Å². The molecule has 0 aliphatic heterocycles. The summed E-state index contributed by atoms with van der Waals surface area (Å²) in [5.74, 6) is -0.923. The Morgan fingerprint density at radius 1 is 0.938 bits per heavy atom. The van der Waals surface area contributed by atoms with Crippen LogP contribution in [0.3, 0.4) is 0 Å². The normalized spacial score (nSPS) is 11.6. The third-order valence-electron chi connectivity index (χ3n) is 5.39. The Balaban J connectivity index is 1.88. The van der Waals surface area contributed by atoms with Crippen LogP contribution in [-0.2, 0) is 21.1 Å². The van der Waals surface area contributed by atoms with Gasteiger partial charge in [0.05, 0.1) is 21.2 Å². The molecule has 0 spiro atoms. The summed E-state index contributed by atoms with van der Waals surface area (Å²) in [4.78, 5) is 11.5. The molecule has 0 heterocycles. The quantitative estimate of drug-likeness (QED) is 0.347. The van der Waals surface area contributed by atoms with Crippen molar-refractivity contribution in [3.8, 4) is 11.1 Å². The lowest BCUT2D eigenvalue weighted by Gasteiger charge is -2.16. The monoisotopic (exact) mass is 484 g/mol. The Hall–Kier alpha value is -2.86. The first kappa shape index (κ1) is 22.3. The summed E-state index contributed by atoms with van der Waals surface area (Å²) < 4.78 is 26.1. The molecule has 0 aromatic heterocycles. The molecular weight excluding hydrogens is 467 g/mol. The number of aliphatic carboxylic acids is 1. The van der Waals surface area contributed by atoms with Gasteiger partial charge >= 0.3 is 5.97 Å². The summed E-state index contributed by atoms with van der Waals surface area (Å²) in [6.45, 7) is 1.86. The van der Waals surface area contributed by atoms with Crippen LogP contribution in [0.4, 0.5) is 0 Å². The van der Waals surface area contributed by atoms with Crippen LogP contribution in [0.15, 0.2) is 82.6 Å². The van der Waals surface area contributed by atoms with Gasteiger partial charge in [-0.25, -0.2) is 8.42 Å². The van der Waals surface area contributed by atoms with E-state index in [-0.39, 0.29) is 21.2 Å². The topological polar surface area (TPSA) is 71.4 Å². The summed E-state index contributed by atoms with van der Waals surface area (Å²) in [6, 6.07) is 20.1. The highest BCUT2D eigenvalue weighted by Gasteiger charge is 2.21. The van der Waals surface area contributed by atoms with E-state index in [1.165, 1.54) is 24.3 Å². The number of rotatable bonds is 5. The summed E-state index contributed by atoms with van der Waals surface area (Å²) >= 11 is 12.3. The van der Waals surface area contributed by atoms with Gasteiger partial charge in [0.25, 0.3) is 0 Å². The van der Waals surface area contributed by atoms with Crippen LogP contribution in [-0.4, -0.2) is 19.5 Å². The van der Waals surface area contributed by atoms with E-state index in [2.05, 4.69) is 0 Å². The number of carboxylic acids is 1. The Labute approximate surface area is 196 Å². The van der Waals surface area contributed by atoms with E-state index in [0.29, 0.717) is 10.6 Å². The van der Waals surface area contributed by atoms with Crippen molar-refractivity contribution in [1.82, 2.24) is 0 Å². The fourth-order valence-corrected chi connectivity index (χ4v) is 5.78. The van der Waals surface area contributed by atoms with Gasteiger partial charge in [0.1, 0.15) is 0 Å². The van der Waals surface area contributed by atoms with Gasteiger partial charge in [0.2, 0.25) is 9.84 Å². The Morgan fingerprint density at radius 2 is 1.62 bits per heavy atom. The standard InChI is InChI=1S/C25H18Cl2O4S/c1-15-18(13-24(28)29)12-17-6-9-19(26)14-21(17)25(15)16-7-10-20(11-8-16)32(30,31)23-5-3-2-4-22(23)27/h2-12,14H,13H2,1H3,(H,28,29). The lowest BCUT2D eigenvalue weighted by molar-refractivity contribution is -0.136. The molecule has 0 radical (unpaired) electrons. The molecule has 1 N–H and O–H groups in total. The lowest BCUT2D eigenvalue weighted by Crippen LogP contribution is -2.04. The predicted molar refractivity (Wildman–Crippen MR) is 127 cm³/mol. The second-order valence-corrected chi connectivity index (χ2v) is 10.2. The number of benzene rings is 4. The van der Waals surface area contributed by atoms with Crippen molar-refractivity contribution < 1.29 is 18.3 Å². The number of hydrogen-bond acceptors (Lipinski definition) is 3. The van der Waals surface area contributed by atoms with Gasteiger partial charge < -0.3 is 5.11 Å². The van der Waals surface area contributed by atoms with Gasteiger partial charge in [-0.2, -0.15) is 0 Å². The molecule has 0 atom stereocenters. The minimum atomic E-state index is -3.78. The Kier molecular flexibility index (Phi) is 5.99. The SMILES string of the molecule is Cc1c(CC(=O)O)cc2ccc(Cl)cc2c1-c1ccc(S(=O)(=O)c2ccccc2Cl)cc1. The van der Waals surface area contributed by atoms with Crippen LogP contribution in [0, 0.1) is 6.92 Å². The van der Waals surface area contributed by atoms with Crippen LogP contribution in [0.2, 0.25) is 10.0 Å². The zero-order valence-corrected chi connectivity index (χ0v) is 19.3. The zero-order valence-electron chi connectivity index (χ0n) is 17.0. The number of sulfone groups is 1. The largest absolute Gasteiger partial charge is 0.481 e. The molecule has 0 unspecified atom stereocenters. The molecule has 7 heteroatoms. The van der Waals surface area contributed by atoms with Crippen molar-refractivity contribution >= 4 is 49.8 Å². The average Bonchev–Trinajstić information content (AvgIpc) is 2.75. The van der Waals surface area contributed by atoms with E-state index >= 15 is 0 Å². The van der Waals surface area contributed by atoms with Gasteiger partial charge in [-0.15, -0.1) is 0 Å². The number of halogens is 2. The second kappa shape index (κ2) is 8.58. The molecular formula is C25H18Cl2O4S. The van der Waals surface area contributed by atoms with Crippen LogP contribution in [0.25, 0.3) is 21.9 Å². The summed E-state index contributed by atoms with van der Waals surface area (Å²) in [7, 11) is -3.78. The number of carbonyl (C=O) groups is 1. The van der Waals surface area contributed by atoms with E-state index in [1.54, 1.807) is 30.3 Å². The minimum Gasteiger partial charge on any atom is -0.481 e. The molecule has 0 aliphatic carbocycles. The fourth-order valence-electron chi connectivity index (χ4n) is 3.84. The smallest absolute Gasteiger partial charge is 0.307 e. The van der Waals surface area contributed by atoms with Crippen LogP contribution < -0.4 is 0 Å². The molecule has 0 fully saturated rings. The Bertz CT molecular complexity index is 1460. The van der Waals surface area contributed by atoms with Crippen LogP contribution >= 0.6 is 23.2 Å². The van der Waals surface area contributed by atoms with E-state index in [0.717, 1.165) is 27.5 Å². The molecule has 0 saturated carbocycles. The van der Waals surface area contributed by atoms with Gasteiger partial charge in [0, 0.05) is 5.02 Å². The molecule has 0 bridgehead atoms. The van der Waals surface area contributed by atoms with Crippen molar-refractivity contribution in [3.63, 3.8) is 0 Å². The van der Waals surface area contributed by atoms with Crippen molar-refractivity contribution in [2.75, 3.05) is 0 Å².